The maximum atomic E-state index is 12.8. The van der Waals surface area contributed by atoms with E-state index >= 15 is 0 Å². The summed E-state index contributed by atoms with van der Waals surface area (Å²) in [5, 5.41) is 8.19. The number of aromatic nitrogens is 4. The maximum absolute atomic E-state index is 12.8. The predicted octanol–water partition coefficient (Wildman–Crippen LogP) is 1.27. The number of aryl methyl sites for hydroxylation is 2. The number of carbonyl (C=O) groups excluding carboxylic acids is 2. The largest absolute Gasteiger partial charge is 0.453 e. The van der Waals surface area contributed by atoms with Gasteiger partial charge in [-0.3, -0.25) is 19.1 Å². The first-order chi connectivity index (χ1) is 12.0. The molecule has 130 valence electrons. The lowest BCUT2D eigenvalue weighted by molar-refractivity contribution is -0.113. The van der Waals surface area contributed by atoms with Gasteiger partial charge in [0.1, 0.15) is 0 Å². The number of likely N-dealkylation sites (tertiary alicyclic amines) is 1. The Bertz CT molecular complexity index is 812. The Labute approximate surface area is 145 Å². The number of carbonyl (C=O) groups is 2. The van der Waals surface area contributed by atoms with Gasteiger partial charge in [0.15, 0.2) is 5.78 Å². The number of amides is 1. The van der Waals surface area contributed by atoms with Crippen molar-refractivity contribution in [2.24, 2.45) is 14.1 Å². The Kier molecular flexibility index (Phi) is 4.51. The van der Waals surface area contributed by atoms with Crippen LogP contribution in [0.5, 0.6) is 0 Å². The van der Waals surface area contributed by atoms with Crippen LogP contribution in [0.15, 0.2) is 35.9 Å². The highest BCUT2D eigenvalue weighted by molar-refractivity contribution is 6.15. The number of hydrogen-bond donors (Lipinski definition) is 0. The summed E-state index contributed by atoms with van der Waals surface area (Å²) in [6.07, 6.45) is 9.98. The topological polar surface area (TPSA) is 82.2 Å². The average molecular weight is 341 g/mol. The van der Waals surface area contributed by atoms with Gasteiger partial charge in [-0.1, -0.05) is 0 Å². The summed E-state index contributed by atoms with van der Waals surface area (Å²) < 4.78 is 8.13. The second kappa shape index (κ2) is 6.76. The van der Waals surface area contributed by atoms with E-state index < -0.39 is 6.09 Å². The van der Waals surface area contributed by atoms with Crippen molar-refractivity contribution in [3.63, 3.8) is 0 Å². The number of hydrogen-bond acceptors (Lipinski definition) is 5. The quantitative estimate of drug-likeness (QED) is 0.768. The lowest BCUT2D eigenvalue weighted by Gasteiger charge is -2.28. The van der Waals surface area contributed by atoms with Crippen LogP contribution in [-0.4, -0.2) is 56.5 Å². The molecule has 1 aliphatic rings. The zero-order valence-electron chi connectivity index (χ0n) is 14.3. The van der Waals surface area contributed by atoms with Crippen LogP contribution in [0.25, 0.3) is 12.2 Å². The molecule has 25 heavy (non-hydrogen) atoms. The van der Waals surface area contributed by atoms with Gasteiger partial charge in [0.2, 0.25) is 0 Å². The molecule has 0 saturated carbocycles. The second-order valence-corrected chi connectivity index (χ2v) is 5.89. The summed E-state index contributed by atoms with van der Waals surface area (Å²) in [5.74, 6) is -0.0899. The molecular weight excluding hydrogens is 322 g/mol. The number of piperidine rings is 1. The Morgan fingerprint density at radius 2 is 1.52 bits per heavy atom. The third-order valence-electron chi connectivity index (χ3n) is 3.87. The molecule has 1 saturated heterocycles. The van der Waals surface area contributed by atoms with Gasteiger partial charge < -0.3 is 4.74 Å². The standard InChI is InChI=1S/C17H19N5O3/c1-20-8-12(6-18-20)4-14-10-22(17(24)25-3)11-15(16(14)23)5-13-7-19-21(2)9-13/h4-9H,10-11H2,1-3H3/b14-4+,15-5+. The van der Waals surface area contributed by atoms with Gasteiger partial charge in [-0.2, -0.15) is 10.2 Å². The minimum atomic E-state index is -0.471. The molecule has 2 aromatic heterocycles. The summed E-state index contributed by atoms with van der Waals surface area (Å²) in [6, 6.07) is 0. The van der Waals surface area contributed by atoms with Gasteiger partial charge in [-0.25, -0.2) is 4.79 Å². The van der Waals surface area contributed by atoms with E-state index in [1.807, 2.05) is 12.4 Å². The summed E-state index contributed by atoms with van der Waals surface area (Å²) in [5.41, 5.74) is 2.64. The molecule has 0 aliphatic carbocycles. The molecule has 0 atom stereocenters. The maximum Gasteiger partial charge on any atom is 0.410 e. The monoisotopic (exact) mass is 341 g/mol. The van der Waals surface area contributed by atoms with Crippen molar-refractivity contribution < 1.29 is 14.3 Å². The Balaban J connectivity index is 1.97. The minimum Gasteiger partial charge on any atom is -0.453 e. The van der Waals surface area contributed by atoms with Gasteiger partial charge in [-0.05, 0) is 12.2 Å². The van der Waals surface area contributed by atoms with Crippen LogP contribution in [0.3, 0.4) is 0 Å². The molecule has 1 aliphatic heterocycles. The molecule has 8 heteroatoms. The van der Waals surface area contributed by atoms with Crippen LogP contribution in [0.4, 0.5) is 4.79 Å². The summed E-state index contributed by atoms with van der Waals surface area (Å²) >= 11 is 0. The molecule has 0 N–H and O–H groups in total. The van der Waals surface area contributed by atoms with Crippen LogP contribution in [-0.2, 0) is 23.6 Å². The highest BCUT2D eigenvalue weighted by Crippen LogP contribution is 2.22. The van der Waals surface area contributed by atoms with Gasteiger partial charge in [-0.15, -0.1) is 0 Å². The average Bonchev–Trinajstić information content (AvgIpc) is 3.18. The molecule has 8 nitrogen and oxygen atoms in total. The lowest BCUT2D eigenvalue weighted by atomic mass is 9.95. The van der Waals surface area contributed by atoms with E-state index in [-0.39, 0.29) is 18.9 Å². The van der Waals surface area contributed by atoms with Crippen molar-refractivity contribution in [2.45, 2.75) is 0 Å². The zero-order chi connectivity index (χ0) is 18.0. The van der Waals surface area contributed by atoms with Gasteiger partial charge in [0.05, 0.1) is 32.6 Å². The first-order valence-corrected chi connectivity index (χ1v) is 7.72. The van der Waals surface area contributed by atoms with Crippen molar-refractivity contribution in [3.05, 3.63) is 47.1 Å². The van der Waals surface area contributed by atoms with E-state index in [2.05, 4.69) is 10.2 Å². The van der Waals surface area contributed by atoms with Crippen molar-refractivity contribution in [1.82, 2.24) is 24.5 Å². The van der Waals surface area contributed by atoms with Crippen molar-refractivity contribution in [2.75, 3.05) is 20.2 Å². The fraction of sp³-hybridized carbons (Fsp3) is 0.294. The summed E-state index contributed by atoms with van der Waals surface area (Å²) in [4.78, 5) is 26.3. The number of nitrogens with zero attached hydrogens (tertiary/aromatic N) is 5. The lowest BCUT2D eigenvalue weighted by Crippen LogP contribution is -2.41. The van der Waals surface area contributed by atoms with Gasteiger partial charge in [0, 0.05) is 48.8 Å². The molecule has 1 fully saturated rings. The third-order valence-corrected chi connectivity index (χ3v) is 3.87. The van der Waals surface area contributed by atoms with Crippen LogP contribution >= 0.6 is 0 Å². The van der Waals surface area contributed by atoms with E-state index in [9.17, 15) is 9.59 Å². The number of rotatable bonds is 2. The van der Waals surface area contributed by atoms with Crippen molar-refractivity contribution in [1.29, 1.82) is 0 Å². The number of ether oxygens (including phenoxy) is 1. The highest BCUT2D eigenvalue weighted by Gasteiger charge is 2.29. The van der Waals surface area contributed by atoms with Crippen LogP contribution in [0.2, 0.25) is 0 Å². The van der Waals surface area contributed by atoms with Crippen LogP contribution in [0, 0.1) is 0 Å². The van der Waals surface area contributed by atoms with Crippen LogP contribution < -0.4 is 0 Å². The van der Waals surface area contributed by atoms with Gasteiger partial charge in [0.25, 0.3) is 0 Å². The number of methoxy groups -OCH3 is 1. The van der Waals surface area contributed by atoms with Crippen LogP contribution in [0.1, 0.15) is 11.1 Å². The molecule has 1 amide bonds. The molecule has 2 aromatic rings. The highest BCUT2D eigenvalue weighted by atomic mass is 16.5. The summed E-state index contributed by atoms with van der Waals surface area (Å²) in [6.45, 7) is 0.398. The molecule has 0 spiro atoms. The number of ketones is 1. The fourth-order valence-electron chi connectivity index (χ4n) is 2.73. The Hall–Kier alpha value is -3.16. The number of Topliss-reactive ketones (excluding diaryl/α,β-unsaturated/α-hetero) is 1. The Morgan fingerprint density at radius 1 is 1.04 bits per heavy atom. The molecule has 0 bridgehead atoms. The molecule has 0 radical (unpaired) electrons. The summed E-state index contributed by atoms with van der Waals surface area (Å²) in [7, 11) is 4.94. The predicted molar refractivity (Wildman–Crippen MR) is 91.4 cm³/mol. The zero-order valence-corrected chi connectivity index (χ0v) is 14.3. The first-order valence-electron chi connectivity index (χ1n) is 7.72. The SMILES string of the molecule is COC(=O)N1C/C(=C\c2cnn(C)c2)C(=O)/C(=C/c2cnn(C)c2)C1. The van der Waals surface area contributed by atoms with Crippen molar-refractivity contribution in [3.8, 4) is 0 Å². The second-order valence-electron chi connectivity index (χ2n) is 5.89. The molecule has 0 aromatic carbocycles. The van der Waals surface area contributed by atoms with E-state index in [1.54, 1.807) is 48.0 Å². The Morgan fingerprint density at radius 3 is 1.88 bits per heavy atom. The van der Waals surface area contributed by atoms with E-state index in [0.717, 1.165) is 11.1 Å². The fourth-order valence-corrected chi connectivity index (χ4v) is 2.73. The van der Waals surface area contributed by atoms with Gasteiger partial charge >= 0.3 is 6.09 Å². The van der Waals surface area contributed by atoms with E-state index in [1.165, 1.54) is 12.0 Å². The minimum absolute atomic E-state index is 0.0899. The molecule has 3 heterocycles. The van der Waals surface area contributed by atoms with E-state index in [4.69, 9.17) is 4.74 Å². The van der Waals surface area contributed by atoms with E-state index in [0.29, 0.717) is 11.1 Å². The molecule has 3 rings (SSSR count). The molecular formula is C17H19N5O3. The first kappa shape index (κ1) is 16.7. The molecule has 0 unspecified atom stereocenters. The smallest absolute Gasteiger partial charge is 0.410 e. The van der Waals surface area contributed by atoms with Crippen molar-refractivity contribution >= 4 is 24.0 Å². The normalized spacial score (nSPS) is 18.2. The third kappa shape index (κ3) is 3.68.